The third kappa shape index (κ3) is 3.83. The van der Waals surface area contributed by atoms with Crippen molar-refractivity contribution in [3.05, 3.63) is 35.1 Å². The number of hydrogen-bond donors (Lipinski definition) is 2. The third-order valence-corrected chi connectivity index (χ3v) is 2.20. The summed E-state index contributed by atoms with van der Waals surface area (Å²) in [5, 5.41) is 9.15. The molecule has 0 aliphatic heterocycles. The molecule has 0 fully saturated rings. The van der Waals surface area contributed by atoms with Crippen LogP contribution in [0.4, 0.5) is 17.6 Å². The van der Waals surface area contributed by atoms with Crippen molar-refractivity contribution < 1.29 is 22.7 Å². The van der Waals surface area contributed by atoms with E-state index in [0.29, 0.717) is 6.07 Å². The van der Waals surface area contributed by atoms with E-state index < -0.39 is 29.7 Å². The van der Waals surface area contributed by atoms with E-state index >= 15 is 0 Å². The van der Waals surface area contributed by atoms with Gasteiger partial charge in [-0.15, -0.1) is 12.4 Å². The second kappa shape index (κ2) is 5.66. The molecule has 1 aromatic rings. The highest BCUT2D eigenvalue weighted by Crippen LogP contribution is 2.35. The SMILES string of the molecule is C[C@@H](O)[C@@H](N)c1ccc(F)cc1C(F)(F)F.Cl. The zero-order chi connectivity index (χ0) is 12.5. The van der Waals surface area contributed by atoms with Crippen molar-refractivity contribution >= 4 is 12.4 Å². The van der Waals surface area contributed by atoms with Gasteiger partial charge in [-0.3, -0.25) is 0 Å². The van der Waals surface area contributed by atoms with Gasteiger partial charge >= 0.3 is 6.18 Å². The minimum Gasteiger partial charge on any atom is -0.391 e. The molecule has 0 radical (unpaired) electrons. The molecule has 1 rings (SSSR count). The summed E-state index contributed by atoms with van der Waals surface area (Å²) in [6.45, 7) is 1.27. The molecule has 2 nitrogen and oxygen atoms in total. The van der Waals surface area contributed by atoms with Crippen LogP contribution in [0.25, 0.3) is 0 Å². The van der Waals surface area contributed by atoms with Crippen molar-refractivity contribution in [2.45, 2.75) is 25.2 Å². The minimum atomic E-state index is -4.69. The number of nitrogens with two attached hydrogens (primary N) is 1. The topological polar surface area (TPSA) is 46.2 Å². The van der Waals surface area contributed by atoms with Gasteiger partial charge in [0.2, 0.25) is 0 Å². The molecule has 1 aromatic carbocycles. The van der Waals surface area contributed by atoms with E-state index in [4.69, 9.17) is 10.8 Å². The summed E-state index contributed by atoms with van der Waals surface area (Å²) in [5.74, 6) is -0.992. The number of aliphatic hydroxyl groups is 1. The lowest BCUT2D eigenvalue weighted by Crippen LogP contribution is -2.26. The fourth-order valence-corrected chi connectivity index (χ4v) is 1.32. The van der Waals surface area contributed by atoms with Gasteiger partial charge in [-0.1, -0.05) is 6.07 Å². The van der Waals surface area contributed by atoms with Gasteiger partial charge in [-0.25, -0.2) is 4.39 Å². The average molecular weight is 274 g/mol. The van der Waals surface area contributed by atoms with E-state index in [0.717, 1.165) is 12.1 Å². The van der Waals surface area contributed by atoms with Crippen molar-refractivity contribution in [2.24, 2.45) is 5.73 Å². The molecular formula is C10H12ClF4NO. The molecule has 0 unspecified atom stereocenters. The van der Waals surface area contributed by atoms with Gasteiger partial charge in [-0.2, -0.15) is 13.2 Å². The summed E-state index contributed by atoms with van der Waals surface area (Å²) in [6, 6.07) is 0.997. The van der Waals surface area contributed by atoms with E-state index in [1.807, 2.05) is 0 Å². The number of alkyl halides is 3. The van der Waals surface area contributed by atoms with E-state index in [-0.39, 0.29) is 18.0 Å². The molecule has 0 saturated heterocycles. The molecule has 0 saturated carbocycles. The van der Waals surface area contributed by atoms with Crippen LogP contribution in [0.5, 0.6) is 0 Å². The highest BCUT2D eigenvalue weighted by Gasteiger charge is 2.35. The van der Waals surface area contributed by atoms with Crippen LogP contribution in [-0.4, -0.2) is 11.2 Å². The van der Waals surface area contributed by atoms with Crippen LogP contribution in [0.2, 0.25) is 0 Å². The molecule has 0 aromatic heterocycles. The summed E-state index contributed by atoms with van der Waals surface area (Å²) in [5.41, 5.74) is 3.95. The number of hydrogen-bond acceptors (Lipinski definition) is 2. The largest absolute Gasteiger partial charge is 0.416 e. The highest BCUT2D eigenvalue weighted by atomic mass is 35.5. The Hall–Kier alpha value is -0.850. The molecule has 0 amide bonds. The average Bonchev–Trinajstić information content (AvgIpc) is 2.15. The summed E-state index contributed by atoms with van der Waals surface area (Å²) in [4.78, 5) is 0. The summed E-state index contributed by atoms with van der Waals surface area (Å²) in [6.07, 6.45) is -5.84. The standard InChI is InChI=1S/C10H11F4NO.ClH/c1-5(16)9(15)7-3-2-6(11)4-8(7)10(12,13)14;/h2-5,9,16H,15H2,1H3;1H/t5-,9-;/m1./s1. The maximum atomic E-state index is 12.7. The van der Waals surface area contributed by atoms with Gasteiger partial charge in [-0.05, 0) is 24.6 Å². The zero-order valence-corrected chi connectivity index (χ0v) is 9.65. The van der Waals surface area contributed by atoms with Gasteiger partial charge in [0.1, 0.15) is 5.82 Å². The maximum Gasteiger partial charge on any atom is 0.416 e. The Morgan fingerprint density at radius 3 is 2.24 bits per heavy atom. The number of benzene rings is 1. The Morgan fingerprint density at radius 1 is 1.29 bits per heavy atom. The second-order valence-corrected chi connectivity index (χ2v) is 3.50. The Labute approximate surface area is 102 Å². The molecule has 0 bridgehead atoms. The van der Waals surface area contributed by atoms with Gasteiger partial charge in [0.05, 0.1) is 17.7 Å². The van der Waals surface area contributed by atoms with Gasteiger partial charge in [0.25, 0.3) is 0 Å². The summed E-state index contributed by atoms with van der Waals surface area (Å²) >= 11 is 0. The number of aliphatic hydroxyl groups excluding tert-OH is 1. The van der Waals surface area contributed by atoms with Crippen molar-refractivity contribution in [3.63, 3.8) is 0 Å². The van der Waals surface area contributed by atoms with Crippen LogP contribution in [0.15, 0.2) is 18.2 Å². The van der Waals surface area contributed by atoms with Crippen LogP contribution >= 0.6 is 12.4 Å². The van der Waals surface area contributed by atoms with Crippen LogP contribution in [0.3, 0.4) is 0 Å². The van der Waals surface area contributed by atoms with E-state index in [1.165, 1.54) is 6.92 Å². The van der Waals surface area contributed by atoms with Gasteiger partial charge in [0, 0.05) is 0 Å². The molecule has 2 atom stereocenters. The molecule has 0 spiro atoms. The Kier molecular flexibility index (Phi) is 5.38. The van der Waals surface area contributed by atoms with Crippen molar-refractivity contribution in [1.29, 1.82) is 0 Å². The van der Waals surface area contributed by atoms with Crippen molar-refractivity contribution in [1.82, 2.24) is 0 Å². The molecule has 7 heteroatoms. The van der Waals surface area contributed by atoms with E-state index in [9.17, 15) is 17.6 Å². The lowest BCUT2D eigenvalue weighted by molar-refractivity contribution is -0.138. The van der Waals surface area contributed by atoms with Crippen LogP contribution < -0.4 is 5.73 Å². The van der Waals surface area contributed by atoms with Crippen LogP contribution in [0, 0.1) is 5.82 Å². The Balaban J connectivity index is 0.00000256. The second-order valence-electron chi connectivity index (χ2n) is 3.50. The minimum absolute atomic E-state index is 0. The highest BCUT2D eigenvalue weighted by molar-refractivity contribution is 5.85. The van der Waals surface area contributed by atoms with Crippen LogP contribution in [0.1, 0.15) is 24.1 Å². The zero-order valence-electron chi connectivity index (χ0n) is 8.83. The molecule has 0 aliphatic carbocycles. The molecular weight excluding hydrogens is 262 g/mol. The van der Waals surface area contributed by atoms with Gasteiger partial charge in [0.15, 0.2) is 0 Å². The first kappa shape index (κ1) is 16.1. The number of rotatable bonds is 2. The fraction of sp³-hybridized carbons (Fsp3) is 0.400. The molecule has 0 aliphatic rings. The predicted octanol–water partition coefficient (Wildman–Crippen LogP) is 2.65. The summed E-state index contributed by atoms with van der Waals surface area (Å²) in [7, 11) is 0. The van der Waals surface area contributed by atoms with Crippen LogP contribution in [-0.2, 0) is 6.18 Å². The lowest BCUT2D eigenvalue weighted by Gasteiger charge is -2.20. The first-order valence-electron chi connectivity index (χ1n) is 4.53. The van der Waals surface area contributed by atoms with E-state index in [2.05, 4.69) is 0 Å². The predicted molar refractivity (Wildman–Crippen MR) is 57.3 cm³/mol. The van der Waals surface area contributed by atoms with Crippen molar-refractivity contribution in [2.75, 3.05) is 0 Å². The maximum absolute atomic E-state index is 12.7. The quantitative estimate of drug-likeness (QED) is 0.814. The Morgan fingerprint density at radius 2 is 1.82 bits per heavy atom. The van der Waals surface area contributed by atoms with E-state index in [1.54, 1.807) is 0 Å². The normalized spacial score (nSPS) is 15.0. The molecule has 17 heavy (non-hydrogen) atoms. The first-order chi connectivity index (χ1) is 7.23. The smallest absolute Gasteiger partial charge is 0.391 e. The molecule has 0 heterocycles. The fourth-order valence-electron chi connectivity index (χ4n) is 1.32. The monoisotopic (exact) mass is 273 g/mol. The number of halogens is 5. The van der Waals surface area contributed by atoms with Crippen molar-refractivity contribution in [3.8, 4) is 0 Å². The summed E-state index contributed by atoms with van der Waals surface area (Å²) < 4.78 is 50.4. The molecule has 3 N–H and O–H groups in total. The molecule has 98 valence electrons. The lowest BCUT2D eigenvalue weighted by atomic mass is 9.97. The third-order valence-electron chi connectivity index (χ3n) is 2.20. The van der Waals surface area contributed by atoms with Gasteiger partial charge < -0.3 is 10.8 Å². The first-order valence-corrected chi connectivity index (χ1v) is 4.53. The Bertz CT molecular complexity index is 381.